The van der Waals surface area contributed by atoms with Crippen LogP contribution in [-0.4, -0.2) is 43.6 Å². The third-order valence-electron chi connectivity index (χ3n) is 4.78. The van der Waals surface area contributed by atoms with E-state index in [-0.39, 0.29) is 5.41 Å². The molecule has 0 aromatic heterocycles. The predicted octanol–water partition coefficient (Wildman–Crippen LogP) is 2.47. The van der Waals surface area contributed by atoms with E-state index in [9.17, 15) is 0 Å². The van der Waals surface area contributed by atoms with Crippen LogP contribution in [0.1, 0.15) is 19.3 Å². The molecular weight excluding hydrogens is 310 g/mol. The summed E-state index contributed by atoms with van der Waals surface area (Å²) in [6, 6.07) is 10.2. The molecule has 1 aromatic carbocycles. The summed E-state index contributed by atoms with van der Waals surface area (Å²) in [6.45, 7) is 4.25. The predicted molar refractivity (Wildman–Crippen MR) is 93.6 cm³/mol. The van der Waals surface area contributed by atoms with E-state index < -0.39 is 0 Å². The SMILES string of the molecule is N#CCC1(CN=C(N)N2CCN(c3ccc(Cl)cc3)CC2)CC1. The molecule has 0 unspecified atom stereocenters. The first kappa shape index (κ1) is 15.9. The van der Waals surface area contributed by atoms with Gasteiger partial charge in [0.05, 0.1) is 6.07 Å². The Hall–Kier alpha value is -1.93. The molecule has 3 rings (SSSR count). The van der Waals surface area contributed by atoms with E-state index in [1.54, 1.807) is 0 Å². The Morgan fingerprint density at radius 2 is 1.87 bits per heavy atom. The second-order valence-corrected chi connectivity index (χ2v) is 6.90. The van der Waals surface area contributed by atoms with Crippen molar-refractivity contribution in [2.75, 3.05) is 37.6 Å². The summed E-state index contributed by atoms with van der Waals surface area (Å²) in [6.07, 6.45) is 2.79. The van der Waals surface area contributed by atoms with Crippen molar-refractivity contribution in [2.24, 2.45) is 16.1 Å². The number of guanidine groups is 1. The molecule has 1 aliphatic heterocycles. The quantitative estimate of drug-likeness (QED) is 0.679. The summed E-state index contributed by atoms with van der Waals surface area (Å²) >= 11 is 5.94. The van der Waals surface area contributed by atoms with E-state index in [0.717, 1.165) is 44.0 Å². The molecule has 1 aromatic rings. The Kier molecular flexibility index (Phi) is 4.63. The molecule has 1 saturated carbocycles. The normalized spacial score (nSPS) is 20.3. The highest BCUT2D eigenvalue weighted by molar-refractivity contribution is 6.30. The molecule has 1 aliphatic carbocycles. The lowest BCUT2D eigenvalue weighted by Crippen LogP contribution is -2.51. The molecule has 0 spiro atoms. The number of hydrogen-bond acceptors (Lipinski definition) is 3. The van der Waals surface area contributed by atoms with Crippen LogP contribution in [0.25, 0.3) is 0 Å². The lowest BCUT2D eigenvalue weighted by atomic mass is 10.0. The molecule has 122 valence electrons. The van der Waals surface area contributed by atoms with Gasteiger partial charge in [0.2, 0.25) is 0 Å². The van der Waals surface area contributed by atoms with Crippen LogP contribution in [0.2, 0.25) is 5.02 Å². The van der Waals surface area contributed by atoms with Crippen molar-refractivity contribution in [1.82, 2.24) is 4.90 Å². The fourth-order valence-corrected chi connectivity index (χ4v) is 3.06. The van der Waals surface area contributed by atoms with E-state index in [1.807, 2.05) is 24.3 Å². The molecule has 2 N–H and O–H groups in total. The van der Waals surface area contributed by atoms with Gasteiger partial charge in [-0.3, -0.25) is 4.99 Å². The number of hydrogen-bond donors (Lipinski definition) is 1. The second-order valence-electron chi connectivity index (χ2n) is 6.46. The standard InChI is InChI=1S/C17H22ClN5/c18-14-1-3-15(4-2-14)22-9-11-23(12-10-22)16(20)21-13-17(5-6-17)7-8-19/h1-4H,5-7,9-13H2,(H2,20,21). The van der Waals surface area contributed by atoms with Gasteiger partial charge in [-0.2, -0.15) is 5.26 Å². The van der Waals surface area contributed by atoms with Gasteiger partial charge in [0.1, 0.15) is 0 Å². The van der Waals surface area contributed by atoms with Crippen LogP contribution >= 0.6 is 11.6 Å². The van der Waals surface area contributed by atoms with Crippen molar-refractivity contribution in [3.05, 3.63) is 29.3 Å². The molecule has 0 bridgehead atoms. The van der Waals surface area contributed by atoms with Crippen LogP contribution in [0.4, 0.5) is 5.69 Å². The smallest absolute Gasteiger partial charge is 0.191 e. The Labute approximate surface area is 142 Å². The third kappa shape index (κ3) is 3.89. The van der Waals surface area contributed by atoms with Gasteiger partial charge >= 0.3 is 0 Å². The van der Waals surface area contributed by atoms with Crippen LogP contribution < -0.4 is 10.6 Å². The lowest BCUT2D eigenvalue weighted by Gasteiger charge is -2.36. The zero-order chi connectivity index (χ0) is 16.3. The first-order valence-electron chi connectivity index (χ1n) is 8.04. The van der Waals surface area contributed by atoms with E-state index in [0.29, 0.717) is 18.9 Å². The van der Waals surface area contributed by atoms with Crippen LogP contribution in [-0.2, 0) is 0 Å². The van der Waals surface area contributed by atoms with Gasteiger partial charge in [-0.15, -0.1) is 0 Å². The minimum absolute atomic E-state index is 0.116. The molecule has 6 heteroatoms. The Morgan fingerprint density at radius 3 is 2.43 bits per heavy atom. The van der Waals surface area contributed by atoms with Crippen LogP contribution in [0.15, 0.2) is 29.3 Å². The number of rotatable bonds is 4. The number of anilines is 1. The summed E-state index contributed by atoms with van der Waals surface area (Å²) in [5.74, 6) is 0.616. The number of aliphatic imine (C=N–C) groups is 1. The molecule has 5 nitrogen and oxygen atoms in total. The van der Waals surface area contributed by atoms with Crippen molar-refractivity contribution in [3.8, 4) is 6.07 Å². The van der Waals surface area contributed by atoms with Crippen LogP contribution in [0.5, 0.6) is 0 Å². The molecule has 0 atom stereocenters. The van der Waals surface area contributed by atoms with Gasteiger partial charge in [-0.25, -0.2) is 0 Å². The molecule has 2 fully saturated rings. The average molecular weight is 332 g/mol. The van der Waals surface area contributed by atoms with Gasteiger partial charge in [0.15, 0.2) is 5.96 Å². The van der Waals surface area contributed by atoms with Crippen molar-refractivity contribution in [1.29, 1.82) is 5.26 Å². The Balaban J connectivity index is 1.52. The van der Waals surface area contributed by atoms with Gasteiger partial charge in [-0.1, -0.05) is 11.6 Å². The van der Waals surface area contributed by atoms with Crippen LogP contribution in [0, 0.1) is 16.7 Å². The fraction of sp³-hybridized carbons (Fsp3) is 0.529. The molecule has 0 amide bonds. The van der Waals surface area contributed by atoms with Crippen molar-refractivity contribution >= 4 is 23.2 Å². The monoisotopic (exact) mass is 331 g/mol. The number of benzene rings is 1. The summed E-state index contributed by atoms with van der Waals surface area (Å²) < 4.78 is 0. The van der Waals surface area contributed by atoms with Gasteiger partial charge in [-0.05, 0) is 37.1 Å². The fourth-order valence-electron chi connectivity index (χ4n) is 2.93. The van der Waals surface area contributed by atoms with Crippen LogP contribution in [0.3, 0.4) is 0 Å². The largest absolute Gasteiger partial charge is 0.370 e. The first-order chi connectivity index (χ1) is 11.1. The first-order valence-corrected chi connectivity index (χ1v) is 8.42. The number of piperazine rings is 1. The minimum atomic E-state index is 0.116. The maximum Gasteiger partial charge on any atom is 0.191 e. The maximum atomic E-state index is 8.86. The zero-order valence-electron chi connectivity index (χ0n) is 13.2. The molecule has 0 radical (unpaired) electrons. The van der Waals surface area contributed by atoms with E-state index >= 15 is 0 Å². The molecule has 1 saturated heterocycles. The zero-order valence-corrected chi connectivity index (χ0v) is 14.0. The van der Waals surface area contributed by atoms with Crippen molar-refractivity contribution in [3.63, 3.8) is 0 Å². The third-order valence-corrected chi connectivity index (χ3v) is 5.04. The highest BCUT2D eigenvalue weighted by Gasteiger charge is 2.42. The Morgan fingerprint density at radius 1 is 1.22 bits per heavy atom. The molecule has 23 heavy (non-hydrogen) atoms. The van der Waals surface area contributed by atoms with Gasteiger partial charge in [0.25, 0.3) is 0 Å². The Bertz CT molecular complexity index is 607. The number of halogens is 1. The van der Waals surface area contributed by atoms with Crippen molar-refractivity contribution < 1.29 is 0 Å². The summed E-state index contributed by atoms with van der Waals surface area (Å²) in [7, 11) is 0. The lowest BCUT2D eigenvalue weighted by molar-refractivity contribution is 0.378. The minimum Gasteiger partial charge on any atom is -0.370 e. The second kappa shape index (κ2) is 6.67. The maximum absolute atomic E-state index is 8.86. The number of nitrogens with two attached hydrogens (primary N) is 1. The molecule has 2 aliphatic rings. The van der Waals surface area contributed by atoms with Gasteiger partial charge < -0.3 is 15.5 Å². The average Bonchev–Trinajstić information content (AvgIpc) is 3.34. The highest BCUT2D eigenvalue weighted by Crippen LogP contribution is 2.48. The summed E-state index contributed by atoms with van der Waals surface area (Å²) in [5, 5.41) is 9.62. The van der Waals surface area contributed by atoms with Crippen molar-refractivity contribution in [2.45, 2.75) is 19.3 Å². The topological polar surface area (TPSA) is 68.6 Å². The molecule has 1 heterocycles. The highest BCUT2D eigenvalue weighted by atomic mass is 35.5. The van der Waals surface area contributed by atoms with E-state index in [2.05, 4.69) is 20.9 Å². The molecular formula is C17H22ClN5. The number of nitrogens with zero attached hydrogens (tertiary/aromatic N) is 4. The van der Waals surface area contributed by atoms with Gasteiger partial charge in [0, 0.05) is 55.3 Å². The van der Waals surface area contributed by atoms with E-state index in [1.165, 1.54) is 5.69 Å². The summed E-state index contributed by atoms with van der Waals surface area (Å²) in [4.78, 5) is 9.01. The summed E-state index contributed by atoms with van der Waals surface area (Å²) in [5.41, 5.74) is 7.45. The number of nitriles is 1. The van der Waals surface area contributed by atoms with E-state index in [4.69, 9.17) is 22.6 Å².